The summed E-state index contributed by atoms with van der Waals surface area (Å²) in [5, 5.41) is 26.6. The van der Waals surface area contributed by atoms with E-state index in [0.717, 1.165) is 61.5 Å². The number of nitrogen functional groups attached to an aromatic ring is 1. The predicted octanol–water partition coefficient (Wildman–Crippen LogP) is 4.13. The number of nitrogens with two attached hydrogens (primary N) is 1. The molecule has 0 fully saturated rings. The van der Waals surface area contributed by atoms with Crippen LogP contribution in [0.25, 0.3) is 44.3 Å². The van der Waals surface area contributed by atoms with Gasteiger partial charge in [0.05, 0.1) is 40.2 Å². The Hall–Kier alpha value is -5.59. The van der Waals surface area contributed by atoms with Crippen molar-refractivity contribution >= 4 is 92.3 Å². The Labute approximate surface area is 326 Å². The Morgan fingerprint density at radius 1 is 0.727 bits per heavy atom. The number of anilines is 3. The van der Waals surface area contributed by atoms with Crippen molar-refractivity contribution < 1.29 is 16.8 Å². The number of halogens is 1. The largest absolute Gasteiger partial charge is 0.374 e. The van der Waals surface area contributed by atoms with Gasteiger partial charge in [0.15, 0.2) is 0 Å². The zero-order chi connectivity index (χ0) is 39.3. The molecule has 284 valence electrons. The van der Waals surface area contributed by atoms with Crippen LogP contribution in [-0.4, -0.2) is 89.5 Å². The van der Waals surface area contributed by atoms with Gasteiger partial charge in [0.1, 0.15) is 11.0 Å². The van der Waals surface area contributed by atoms with E-state index in [1.54, 1.807) is 47.0 Å². The number of fused-ring (bicyclic) bond motifs is 2. The van der Waals surface area contributed by atoms with E-state index in [0.29, 0.717) is 21.6 Å². The van der Waals surface area contributed by atoms with Gasteiger partial charge in [-0.25, -0.2) is 31.5 Å². The van der Waals surface area contributed by atoms with Gasteiger partial charge < -0.3 is 11.1 Å². The maximum Gasteiger partial charge on any atom is 0.269 e. The Bertz CT molecular complexity index is 2840. The van der Waals surface area contributed by atoms with Gasteiger partial charge in [0, 0.05) is 61.1 Å². The third kappa shape index (κ3) is 9.56. The zero-order valence-corrected chi connectivity index (χ0v) is 33.2. The van der Waals surface area contributed by atoms with E-state index in [9.17, 15) is 16.8 Å². The van der Waals surface area contributed by atoms with Crippen molar-refractivity contribution in [1.82, 2.24) is 64.6 Å². The van der Waals surface area contributed by atoms with Gasteiger partial charge >= 0.3 is 0 Å². The van der Waals surface area contributed by atoms with Crippen LogP contribution in [0.5, 0.6) is 0 Å². The van der Waals surface area contributed by atoms with Crippen LogP contribution in [0, 0.1) is 0 Å². The van der Waals surface area contributed by atoms with Gasteiger partial charge in [0.25, 0.3) is 10.0 Å². The molecule has 0 aliphatic carbocycles. The normalized spacial score (nSPS) is 11.5. The fraction of sp³-hybridized carbons (Fsp3) is 0.161. The fourth-order valence-corrected chi connectivity index (χ4v) is 8.31. The van der Waals surface area contributed by atoms with Gasteiger partial charge in [-0.15, -0.1) is 20.4 Å². The second kappa shape index (κ2) is 16.4. The number of aryl methyl sites for hydroxylation is 2. The third-order valence-corrected chi connectivity index (χ3v) is 13.1. The molecule has 19 nitrogen and oxygen atoms in total. The Morgan fingerprint density at radius 3 is 1.84 bits per heavy atom. The van der Waals surface area contributed by atoms with Crippen LogP contribution in [0.2, 0.25) is 5.15 Å². The summed E-state index contributed by atoms with van der Waals surface area (Å²) < 4.78 is 51.2. The molecule has 4 N–H and O–H groups in total. The Balaban J connectivity index is 0.000000156. The van der Waals surface area contributed by atoms with Crippen molar-refractivity contribution in [3.05, 3.63) is 78.7 Å². The molecule has 0 aliphatic rings. The summed E-state index contributed by atoms with van der Waals surface area (Å²) in [4.78, 5) is 17.5. The van der Waals surface area contributed by atoms with Crippen LogP contribution in [0.4, 0.5) is 16.1 Å². The summed E-state index contributed by atoms with van der Waals surface area (Å²) >= 11 is 7.67. The molecular formula is C31H30ClN15O4S4. The molecule has 55 heavy (non-hydrogen) atoms. The highest BCUT2D eigenvalue weighted by Crippen LogP contribution is 2.26. The summed E-state index contributed by atoms with van der Waals surface area (Å²) in [7, 11) is -1.78. The molecule has 8 heterocycles. The van der Waals surface area contributed by atoms with Crippen LogP contribution >= 0.6 is 34.3 Å². The maximum absolute atomic E-state index is 11.8. The first-order valence-electron chi connectivity index (χ1n) is 15.8. The van der Waals surface area contributed by atoms with E-state index in [1.807, 2.05) is 57.0 Å². The van der Waals surface area contributed by atoms with Crippen molar-refractivity contribution in [2.75, 3.05) is 23.9 Å². The lowest BCUT2D eigenvalue weighted by Crippen LogP contribution is -2.18. The standard InChI is InChI=1S/C15H14N8O2S2.C12H9ClN4.C4H7N3O2S2/c1-16-27(24,25)15-22-21-14(26-15)20-13-4-3-11-12(19-13)5-9(6-17-11)10-7-18-23(2)8-10;1-17-7-9(6-15-17)8-4-11-10(14-5-8)2-3-12(13)16-11;1-2-11(8,9)4-7-6-3(5)10-4/h3-8,16H,1-2H3,(H,19,20,21);2-7H,1H3;2H2,1H3,(H2,5,6). The molecule has 0 saturated carbocycles. The third-order valence-electron chi connectivity index (χ3n) is 7.33. The molecule has 0 amide bonds. The average Bonchev–Trinajstić information content (AvgIpc) is 4.01. The first kappa shape index (κ1) is 39.1. The summed E-state index contributed by atoms with van der Waals surface area (Å²) in [6.45, 7) is 1.55. The molecule has 0 bridgehead atoms. The minimum absolute atomic E-state index is 0.00231. The van der Waals surface area contributed by atoms with E-state index in [1.165, 1.54) is 7.05 Å². The minimum Gasteiger partial charge on any atom is -0.374 e. The van der Waals surface area contributed by atoms with E-state index < -0.39 is 19.9 Å². The molecule has 0 aromatic carbocycles. The summed E-state index contributed by atoms with van der Waals surface area (Å²) in [5.41, 5.74) is 12.1. The lowest BCUT2D eigenvalue weighted by Gasteiger charge is -2.04. The molecule has 0 aliphatic heterocycles. The quantitative estimate of drug-likeness (QED) is 0.182. The Kier molecular flexibility index (Phi) is 11.7. The van der Waals surface area contributed by atoms with Crippen LogP contribution in [0.15, 0.2) is 82.3 Å². The number of sulfonamides is 1. The molecule has 0 saturated heterocycles. The number of sulfone groups is 1. The monoisotopic (exact) mass is 839 g/mol. The van der Waals surface area contributed by atoms with E-state index in [-0.39, 0.29) is 19.6 Å². The predicted molar refractivity (Wildman–Crippen MR) is 210 cm³/mol. The highest BCUT2D eigenvalue weighted by atomic mass is 35.5. The number of pyridine rings is 4. The topological polar surface area (TPSA) is 257 Å². The van der Waals surface area contributed by atoms with Crippen LogP contribution in [-0.2, 0) is 34.0 Å². The molecule has 0 radical (unpaired) electrons. The molecule has 8 aromatic heterocycles. The second-order valence-corrected chi connectivity index (χ2v) is 18.1. The van der Waals surface area contributed by atoms with Gasteiger partial charge in [0.2, 0.25) is 28.8 Å². The van der Waals surface area contributed by atoms with Crippen molar-refractivity contribution in [3.63, 3.8) is 0 Å². The van der Waals surface area contributed by atoms with Gasteiger partial charge in [-0.1, -0.05) is 41.2 Å². The van der Waals surface area contributed by atoms with Gasteiger partial charge in [-0.05, 0) is 43.4 Å². The molecule has 24 heteroatoms. The zero-order valence-electron chi connectivity index (χ0n) is 29.2. The van der Waals surface area contributed by atoms with Gasteiger partial charge in [-0.2, -0.15) is 10.2 Å². The molecule has 8 rings (SSSR count). The number of hydrogen-bond donors (Lipinski definition) is 3. The Morgan fingerprint density at radius 2 is 1.31 bits per heavy atom. The van der Waals surface area contributed by atoms with Crippen molar-refractivity contribution in [1.29, 1.82) is 0 Å². The van der Waals surface area contributed by atoms with Crippen molar-refractivity contribution in [2.45, 2.75) is 15.6 Å². The lowest BCUT2D eigenvalue weighted by atomic mass is 10.1. The molecule has 0 spiro atoms. The van der Waals surface area contributed by atoms with Crippen molar-refractivity contribution in [3.8, 4) is 22.3 Å². The number of rotatable bonds is 8. The molecule has 0 unspecified atom stereocenters. The van der Waals surface area contributed by atoms with E-state index >= 15 is 0 Å². The lowest BCUT2D eigenvalue weighted by molar-refractivity contribution is 0.586. The highest BCUT2D eigenvalue weighted by molar-refractivity contribution is 7.93. The smallest absolute Gasteiger partial charge is 0.269 e. The highest BCUT2D eigenvalue weighted by Gasteiger charge is 2.19. The molecule has 0 atom stereocenters. The summed E-state index contributed by atoms with van der Waals surface area (Å²) in [5.74, 6) is 0.541. The van der Waals surface area contributed by atoms with Crippen LogP contribution < -0.4 is 15.8 Å². The average molecular weight is 840 g/mol. The number of nitrogens with zero attached hydrogens (tertiary/aromatic N) is 12. The fourth-order valence-electron chi connectivity index (χ4n) is 4.55. The SMILES string of the molecule is CCS(=O)(=O)c1nnc(N)s1.CNS(=O)(=O)c1nnc(Nc2ccc3ncc(-c4cnn(C)c4)cc3n2)s1.Cn1cc(-c2cnc3ccc(Cl)nc3c2)cn1. The number of nitrogens with one attached hydrogen (secondary N) is 2. The van der Waals surface area contributed by atoms with Crippen LogP contribution in [0.1, 0.15) is 6.92 Å². The number of aromatic nitrogens is 12. The summed E-state index contributed by atoms with van der Waals surface area (Å²) in [6, 6.07) is 11.0. The first-order chi connectivity index (χ1) is 26.2. The van der Waals surface area contributed by atoms with Crippen molar-refractivity contribution in [2.24, 2.45) is 14.1 Å². The van der Waals surface area contributed by atoms with Crippen LogP contribution in [0.3, 0.4) is 0 Å². The summed E-state index contributed by atoms with van der Waals surface area (Å²) in [6.07, 6.45) is 11.0. The number of hydrogen-bond acceptors (Lipinski definition) is 18. The van der Waals surface area contributed by atoms with Gasteiger partial charge in [-0.3, -0.25) is 19.3 Å². The first-order valence-corrected chi connectivity index (χ1v) is 20.9. The second-order valence-electron chi connectivity index (χ2n) is 11.2. The van der Waals surface area contributed by atoms with E-state index in [2.05, 4.69) is 60.6 Å². The minimum atomic E-state index is -3.62. The maximum atomic E-state index is 11.8. The van der Waals surface area contributed by atoms with E-state index in [4.69, 9.17) is 17.3 Å². The molecular weight excluding hydrogens is 810 g/mol. The molecule has 8 aromatic rings.